The highest BCUT2D eigenvalue weighted by Crippen LogP contribution is 2.21. The van der Waals surface area contributed by atoms with E-state index in [2.05, 4.69) is 22.0 Å². The summed E-state index contributed by atoms with van der Waals surface area (Å²) < 4.78 is 0.926. The Bertz CT molecular complexity index is 624. The summed E-state index contributed by atoms with van der Waals surface area (Å²) in [5, 5.41) is 0. The second-order valence-electron chi connectivity index (χ2n) is 5.23. The van der Waals surface area contributed by atoms with Gasteiger partial charge in [0.15, 0.2) is 0 Å². The molecule has 104 valence electrons. The molecule has 0 heterocycles. The SMILES string of the molecule is Cc1cc(Br)cc(C(=O)N(C)c2cc(C)cc(C)c2)c1. The van der Waals surface area contributed by atoms with E-state index in [-0.39, 0.29) is 5.91 Å². The Hall–Kier alpha value is -1.61. The van der Waals surface area contributed by atoms with Crippen LogP contribution in [0.5, 0.6) is 0 Å². The molecule has 0 saturated carbocycles. The number of rotatable bonds is 2. The quantitative estimate of drug-likeness (QED) is 0.784. The first-order valence-electron chi connectivity index (χ1n) is 6.50. The summed E-state index contributed by atoms with van der Waals surface area (Å²) in [6.45, 7) is 6.06. The Balaban J connectivity index is 2.36. The van der Waals surface area contributed by atoms with Gasteiger partial charge in [-0.1, -0.05) is 22.0 Å². The van der Waals surface area contributed by atoms with Gasteiger partial charge in [-0.3, -0.25) is 4.79 Å². The number of nitrogens with zero attached hydrogens (tertiary/aromatic N) is 1. The van der Waals surface area contributed by atoms with E-state index < -0.39 is 0 Å². The van der Waals surface area contributed by atoms with Crippen LogP contribution in [0.4, 0.5) is 5.69 Å². The van der Waals surface area contributed by atoms with Crippen LogP contribution in [0, 0.1) is 20.8 Å². The minimum atomic E-state index is -0.000556. The topological polar surface area (TPSA) is 20.3 Å². The molecule has 0 spiro atoms. The Morgan fingerprint density at radius 2 is 1.45 bits per heavy atom. The predicted octanol–water partition coefficient (Wildman–Crippen LogP) is 4.65. The molecule has 0 unspecified atom stereocenters. The summed E-state index contributed by atoms with van der Waals surface area (Å²) in [4.78, 5) is 14.3. The number of carbonyl (C=O) groups excluding carboxylic acids is 1. The Morgan fingerprint density at radius 1 is 0.900 bits per heavy atom. The number of benzene rings is 2. The third-order valence-corrected chi connectivity index (χ3v) is 3.65. The van der Waals surface area contributed by atoms with Gasteiger partial charge in [-0.2, -0.15) is 0 Å². The molecule has 0 radical (unpaired) electrons. The number of hydrogen-bond donors (Lipinski definition) is 0. The first-order valence-corrected chi connectivity index (χ1v) is 7.29. The molecule has 0 bridgehead atoms. The van der Waals surface area contributed by atoms with Gasteiger partial charge in [0.25, 0.3) is 5.91 Å². The van der Waals surface area contributed by atoms with Crippen LogP contribution < -0.4 is 4.90 Å². The Morgan fingerprint density at radius 3 is 2.00 bits per heavy atom. The molecule has 0 aliphatic rings. The van der Waals surface area contributed by atoms with Gasteiger partial charge in [0.1, 0.15) is 0 Å². The maximum atomic E-state index is 12.6. The molecular weight excluding hydrogens is 314 g/mol. The number of amides is 1. The van der Waals surface area contributed by atoms with E-state index in [4.69, 9.17) is 0 Å². The summed E-state index contributed by atoms with van der Waals surface area (Å²) in [7, 11) is 1.81. The third-order valence-electron chi connectivity index (χ3n) is 3.19. The van der Waals surface area contributed by atoms with Crippen molar-refractivity contribution >= 4 is 27.5 Å². The van der Waals surface area contributed by atoms with E-state index in [0.29, 0.717) is 5.56 Å². The lowest BCUT2D eigenvalue weighted by molar-refractivity contribution is 0.0993. The van der Waals surface area contributed by atoms with Crippen molar-refractivity contribution in [2.75, 3.05) is 11.9 Å². The number of carbonyl (C=O) groups is 1. The van der Waals surface area contributed by atoms with Crippen molar-refractivity contribution in [1.29, 1.82) is 0 Å². The predicted molar refractivity (Wildman–Crippen MR) is 87.5 cm³/mol. The molecule has 0 saturated heterocycles. The van der Waals surface area contributed by atoms with E-state index in [1.807, 2.05) is 58.2 Å². The molecule has 0 aromatic heterocycles. The molecule has 0 N–H and O–H groups in total. The van der Waals surface area contributed by atoms with E-state index in [1.165, 1.54) is 0 Å². The Labute approximate surface area is 128 Å². The maximum Gasteiger partial charge on any atom is 0.258 e. The van der Waals surface area contributed by atoms with Crippen molar-refractivity contribution in [3.05, 3.63) is 63.1 Å². The van der Waals surface area contributed by atoms with Gasteiger partial charge in [-0.05, 0) is 67.8 Å². The maximum absolute atomic E-state index is 12.6. The molecule has 2 aromatic carbocycles. The van der Waals surface area contributed by atoms with Crippen molar-refractivity contribution in [3.63, 3.8) is 0 Å². The van der Waals surface area contributed by atoms with Crippen molar-refractivity contribution in [3.8, 4) is 0 Å². The molecule has 2 aromatic rings. The fourth-order valence-electron chi connectivity index (χ4n) is 2.32. The van der Waals surface area contributed by atoms with Crippen molar-refractivity contribution in [1.82, 2.24) is 0 Å². The van der Waals surface area contributed by atoms with Crippen molar-refractivity contribution < 1.29 is 4.79 Å². The van der Waals surface area contributed by atoms with Crippen LogP contribution in [-0.2, 0) is 0 Å². The fourth-order valence-corrected chi connectivity index (χ4v) is 2.92. The first kappa shape index (κ1) is 14.8. The zero-order valence-electron chi connectivity index (χ0n) is 12.2. The van der Waals surface area contributed by atoms with Gasteiger partial charge >= 0.3 is 0 Å². The number of aryl methyl sites for hydroxylation is 3. The van der Waals surface area contributed by atoms with Crippen LogP contribution in [0.2, 0.25) is 0 Å². The highest BCUT2D eigenvalue weighted by Gasteiger charge is 2.14. The van der Waals surface area contributed by atoms with Crippen LogP contribution in [0.1, 0.15) is 27.0 Å². The van der Waals surface area contributed by atoms with Crippen molar-refractivity contribution in [2.45, 2.75) is 20.8 Å². The van der Waals surface area contributed by atoms with Crippen LogP contribution in [-0.4, -0.2) is 13.0 Å². The van der Waals surface area contributed by atoms with Crippen LogP contribution in [0.15, 0.2) is 40.9 Å². The third kappa shape index (κ3) is 3.28. The molecule has 0 aliphatic carbocycles. The number of hydrogen-bond acceptors (Lipinski definition) is 1. The zero-order valence-corrected chi connectivity index (χ0v) is 13.8. The number of halogens is 1. The smallest absolute Gasteiger partial charge is 0.258 e. The minimum absolute atomic E-state index is 0.000556. The van der Waals surface area contributed by atoms with Crippen molar-refractivity contribution in [2.24, 2.45) is 0 Å². The van der Waals surface area contributed by atoms with Crippen LogP contribution in [0.3, 0.4) is 0 Å². The zero-order chi connectivity index (χ0) is 14.9. The lowest BCUT2D eigenvalue weighted by Gasteiger charge is -2.19. The molecule has 20 heavy (non-hydrogen) atoms. The highest BCUT2D eigenvalue weighted by atomic mass is 79.9. The standard InChI is InChI=1S/C17H18BrNO/c1-11-5-12(2)9-16(8-11)19(4)17(20)14-6-13(3)7-15(18)10-14/h5-10H,1-4H3. The highest BCUT2D eigenvalue weighted by molar-refractivity contribution is 9.10. The normalized spacial score (nSPS) is 10.4. The minimum Gasteiger partial charge on any atom is -0.311 e. The molecule has 2 rings (SSSR count). The van der Waals surface area contributed by atoms with Gasteiger partial charge in [-0.25, -0.2) is 0 Å². The second-order valence-corrected chi connectivity index (χ2v) is 6.14. The molecule has 1 amide bonds. The molecule has 2 nitrogen and oxygen atoms in total. The first-order chi connectivity index (χ1) is 9.36. The molecular formula is C17H18BrNO. The summed E-state index contributed by atoms with van der Waals surface area (Å²) >= 11 is 3.44. The van der Waals surface area contributed by atoms with E-state index in [9.17, 15) is 4.79 Å². The van der Waals surface area contributed by atoms with E-state index in [0.717, 1.165) is 26.9 Å². The lowest BCUT2D eigenvalue weighted by atomic mass is 10.1. The summed E-state index contributed by atoms with van der Waals surface area (Å²) in [5.41, 5.74) is 5.00. The lowest BCUT2D eigenvalue weighted by Crippen LogP contribution is -2.26. The van der Waals surface area contributed by atoms with Gasteiger partial charge in [0.2, 0.25) is 0 Å². The molecule has 0 fully saturated rings. The average Bonchev–Trinajstić information content (AvgIpc) is 2.34. The summed E-state index contributed by atoms with van der Waals surface area (Å²) in [5.74, 6) is -0.000556. The summed E-state index contributed by atoms with van der Waals surface area (Å²) in [6.07, 6.45) is 0. The fraction of sp³-hybridized carbons (Fsp3) is 0.235. The number of anilines is 1. The summed E-state index contributed by atoms with van der Waals surface area (Å²) in [6, 6.07) is 11.9. The molecule has 3 heteroatoms. The van der Waals surface area contributed by atoms with Gasteiger partial charge in [0, 0.05) is 22.8 Å². The van der Waals surface area contributed by atoms with E-state index >= 15 is 0 Å². The van der Waals surface area contributed by atoms with Gasteiger partial charge in [-0.15, -0.1) is 0 Å². The largest absolute Gasteiger partial charge is 0.311 e. The molecule has 0 atom stereocenters. The van der Waals surface area contributed by atoms with Crippen LogP contribution >= 0.6 is 15.9 Å². The second kappa shape index (κ2) is 5.80. The Kier molecular flexibility index (Phi) is 4.29. The van der Waals surface area contributed by atoms with Gasteiger partial charge in [0.05, 0.1) is 0 Å². The van der Waals surface area contributed by atoms with Crippen LogP contribution in [0.25, 0.3) is 0 Å². The average molecular weight is 332 g/mol. The molecule has 0 aliphatic heterocycles. The monoisotopic (exact) mass is 331 g/mol. The van der Waals surface area contributed by atoms with E-state index in [1.54, 1.807) is 4.90 Å². The van der Waals surface area contributed by atoms with Gasteiger partial charge < -0.3 is 4.90 Å².